The molecule has 0 aliphatic rings. The molecule has 108 valence electrons. The Labute approximate surface area is 136 Å². The van der Waals surface area contributed by atoms with Gasteiger partial charge in [0.2, 0.25) is 4.96 Å². The van der Waals surface area contributed by atoms with Crippen LogP contribution in [0.1, 0.15) is 0 Å². The van der Waals surface area contributed by atoms with E-state index in [1.54, 1.807) is 29.0 Å². The molecule has 4 rings (SSSR count). The number of hydrogen-bond donors (Lipinski definition) is 0. The highest BCUT2D eigenvalue weighted by Gasteiger charge is 2.17. The first-order valence-electron chi connectivity index (χ1n) is 6.30. The van der Waals surface area contributed by atoms with E-state index in [-0.39, 0.29) is 5.82 Å². The molecule has 8 heteroatoms. The number of rotatable bonds is 2. The Morgan fingerprint density at radius 3 is 2.86 bits per heavy atom. The largest absolute Gasteiger partial charge is 0.264 e. The first-order chi connectivity index (χ1) is 10.7. The fraction of sp³-hybridized carbons (Fsp3) is 0. The van der Waals surface area contributed by atoms with E-state index in [0.717, 1.165) is 10.6 Å². The average molecular weight is 376 g/mol. The van der Waals surface area contributed by atoms with E-state index in [4.69, 9.17) is 0 Å². The van der Waals surface area contributed by atoms with Gasteiger partial charge in [-0.2, -0.15) is 9.61 Å². The third kappa shape index (κ3) is 2.20. The standard InChI is InChI=1S/C14H7BrFN5S/c15-9-3-4-10(11(16)6-9)12-18-19-14-21(12)20-13(22-14)8-2-1-5-17-7-8/h1-7H. The van der Waals surface area contributed by atoms with E-state index in [2.05, 4.69) is 36.2 Å². The van der Waals surface area contributed by atoms with Crippen molar-refractivity contribution in [3.05, 3.63) is 53.0 Å². The Morgan fingerprint density at radius 1 is 1.18 bits per heavy atom. The molecular weight excluding hydrogens is 369 g/mol. The van der Waals surface area contributed by atoms with Crippen LogP contribution in [0, 0.1) is 5.82 Å². The molecule has 0 radical (unpaired) electrons. The lowest BCUT2D eigenvalue weighted by Crippen LogP contribution is -1.93. The van der Waals surface area contributed by atoms with Crippen LogP contribution < -0.4 is 0 Å². The number of nitrogens with zero attached hydrogens (tertiary/aromatic N) is 5. The van der Waals surface area contributed by atoms with Gasteiger partial charge < -0.3 is 0 Å². The van der Waals surface area contributed by atoms with E-state index in [1.165, 1.54) is 17.4 Å². The molecule has 4 aromatic rings. The molecule has 0 bridgehead atoms. The van der Waals surface area contributed by atoms with Crippen molar-refractivity contribution in [1.82, 2.24) is 24.8 Å². The van der Waals surface area contributed by atoms with Crippen molar-refractivity contribution >= 4 is 32.2 Å². The van der Waals surface area contributed by atoms with Crippen LogP contribution in [-0.4, -0.2) is 24.8 Å². The van der Waals surface area contributed by atoms with Crippen molar-refractivity contribution < 1.29 is 4.39 Å². The summed E-state index contributed by atoms with van der Waals surface area (Å²) in [4.78, 5) is 4.68. The van der Waals surface area contributed by atoms with Crippen molar-refractivity contribution in [3.8, 4) is 22.0 Å². The van der Waals surface area contributed by atoms with Crippen LogP contribution in [0.5, 0.6) is 0 Å². The quantitative estimate of drug-likeness (QED) is 0.534. The minimum atomic E-state index is -0.375. The van der Waals surface area contributed by atoms with Gasteiger partial charge in [-0.3, -0.25) is 4.98 Å². The first-order valence-corrected chi connectivity index (χ1v) is 7.91. The van der Waals surface area contributed by atoms with Crippen LogP contribution >= 0.6 is 27.3 Å². The number of halogens is 2. The van der Waals surface area contributed by atoms with Gasteiger partial charge in [0.05, 0.1) is 5.56 Å². The molecule has 1 aromatic carbocycles. The topological polar surface area (TPSA) is 56.0 Å². The summed E-state index contributed by atoms with van der Waals surface area (Å²) < 4.78 is 16.4. The van der Waals surface area contributed by atoms with Gasteiger partial charge in [-0.15, -0.1) is 10.2 Å². The van der Waals surface area contributed by atoms with Gasteiger partial charge in [0, 0.05) is 22.4 Å². The second kappa shape index (κ2) is 5.22. The summed E-state index contributed by atoms with van der Waals surface area (Å²) in [7, 11) is 0. The molecule has 0 spiro atoms. The molecule has 0 saturated carbocycles. The van der Waals surface area contributed by atoms with Crippen LogP contribution in [-0.2, 0) is 0 Å². The Kier molecular flexibility index (Phi) is 3.20. The summed E-state index contributed by atoms with van der Waals surface area (Å²) in [5, 5.41) is 13.4. The van der Waals surface area contributed by atoms with E-state index >= 15 is 0 Å². The molecule has 0 aliphatic heterocycles. The molecule has 3 heterocycles. The molecule has 0 N–H and O–H groups in total. The van der Waals surface area contributed by atoms with Gasteiger partial charge in [0.15, 0.2) is 5.82 Å². The molecule has 3 aromatic heterocycles. The van der Waals surface area contributed by atoms with E-state index in [0.29, 0.717) is 20.8 Å². The monoisotopic (exact) mass is 375 g/mol. The van der Waals surface area contributed by atoms with Crippen molar-refractivity contribution in [3.63, 3.8) is 0 Å². The molecular formula is C14H7BrFN5S. The molecule has 0 fully saturated rings. The van der Waals surface area contributed by atoms with Crippen LogP contribution in [0.3, 0.4) is 0 Å². The Morgan fingerprint density at radius 2 is 2.09 bits per heavy atom. The van der Waals surface area contributed by atoms with Gasteiger partial charge in [-0.1, -0.05) is 27.3 Å². The van der Waals surface area contributed by atoms with Gasteiger partial charge >= 0.3 is 0 Å². The van der Waals surface area contributed by atoms with Gasteiger partial charge in [-0.05, 0) is 30.3 Å². The zero-order chi connectivity index (χ0) is 15.1. The summed E-state index contributed by atoms with van der Waals surface area (Å²) in [6, 6.07) is 8.56. The van der Waals surface area contributed by atoms with Crippen molar-refractivity contribution in [1.29, 1.82) is 0 Å². The van der Waals surface area contributed by atoms with Crippen molar-refractivity contribution in [2.75, 3.05) is 0 Å². The Bertz CT molecular complexity index is 966. The summed E-state index contributed by atoms with van der Waals surface area (Å²) in [5.74, 6) is 0.00555. The number of aromatic nitrogens is 5. The zero-order valence-corrected chi connectivity index (χ0v) is 13.3. The normalized spacial score (nSPS) is 11.2. The summed E-state index contributed by atoms with van der Waals surface area (Å²) in [6.45, 7) is 0. The highest BCUT2D eigenvalue weighted by atomic mass is 79.9. The molecule has 0 unspecified atom stereocenters. The number of pyridine rings is 1. The molecule has 5 nitrogen and oxygen atoms in total. The maximum atomic E-state index is 14.1. The third-order valence-electron chi connectivity index (χ3n) is 3.07. The highest BCUT2D eigenvalue weighted by Crippen LogP contribution is 2.29. The van der Waals surface area contributed by atoms with Crippen molar-refractivity contribution in [2.45, 2.75) is 0 Å². The number of benzene rings is 1. The smallest absolute Gasteiger partial charge is 0.235 e. The number of hydrogen-bond acceptors (Lipinski definition) is 5. The van der Waals surface area contributed by atoms with Crippen LogP contribution in [0.15, 0.2) is 47.2 Å². The zero-order valence-electron chi connectivity index (χ0n) is 10.9. The van der Waals surface area contributed by atoms with E-state index in [9.17, 15) is 4.39 Å². The van der Waals surface area contributed by atoms with Crippen molar-refractivity contribution in [2.24, 2.45) is 0 Å². The van der Waals surface area contributed by atoms with Gasteiger partial charge in [0.1, 0.15) is 10.8 Å². The van der Waals surface area contributed by atoms with Crippen LogP contribution in [0.25, 0.3) is 26.9 Å². The fourth-order valence-corrected chi connectivity index (χ4v) is 3.22. The average Bonchev–Trinajstić information content (AvgIpc) is 3.09. The maximum Gasteiger partial charge on any atom is 0.235 e. The molecule has 0 amide bonds. The number of fused-ring (bicyclic) bond motifs is 1. The lowest BCUT2D eigenvalue weighted by molar-refractivity contribution is 0.628. The Hall–Kier alpha value is -2.19. The summed E-state index contributed by atoms with van der Waals surface area (Å²) in [6.07, 6.45) is 3.43. The first kappa shape index (κ1) is 13.5. The molecule has 0 saturated heterocycles. The lowest BCUT2D eigenvalue weighted by Gasteiger charge is -2.00. The SMILES string of the molecule is Fc1cc(Br)ccc1-c1nnc2sc(-c3cccnc3)nn12. The van der Waals surface area contributed by atoms with Crippen LogP contribution in [0.4, 0.5) is 4.39 Å². The third-order valence-corrected chi connectivity index (χ3v) is 4.51. The van der Waals surface area contributed by atoms with E-state index in [1.807, 2.05) is 12.1 Å². The van der Waals surface area contributed by atoms with Crippen LogP contribution in [0.2, 0.25) is 0 Å². The van der Waals surface area contributed by atoms with Gasteiger partial charge in [-0.25, -0.2) is 4.39 Å². The molecule has 0 aliphatic carbocycles. The highest BCUT2D eigenvalue weighted by molar-refractivity contribution is 9.10. The fourth-order valence-electron chi connectivity index (χ4n) is 2.06. The predicted octanol–water partition coefficient (Wildman–Crippen LogP) is 3.82. The summed E-state index contributed by atoms with van der Waals surface area (Å²) in [5.41, 5.74) is 1.25. The predicted molar refractivity (Wildman–Crippen MR) is 85.0 cm³/mol. The minimum absolute atomic E-state index is 0.360. The minimum Gasteiger partial charge on any atom is -0.264 e. The second-order valence-corrected chi connectivity index (χ2v) is 6.36. The molecule has 22 heavy (non-hydrogen) atoms. The van der Waals surface area contributed by atoms with E-state index < -0.39 is 0 Å². The second-order valence-electron chi connectivity index (χ2n) is 4.49. The van der Waals surface area contributed by atoms with Gasteiger partial charge in [0.25, 0.3) is 0 Å². The molecule has 0 atom stereocenters. The maximum absolute atomic E-state index is 14.1. The lowest BCUT2D eigenvalue weighted by atomic mass is 10.2. The summed E-state index contributed by atoms with van der Waals surface area (Å²) >= 11 is 4.62. The Balaban J connectivity index is 1.88.